The van der Waals surface area contributed by atoms with Gasteiger partial charge in [0.05, 0.1) is 6.10 Å². The third-order valence-electron chi connectivity index (χ3n) is 4.03. The summed E-state index contributed by atoms with van der Waals surface area (Å²) >= 11 is 0. The normalized spacial score (nSPS) is 29.2. The minimum absolute atomic E-state index is 0.250. The van der Waals surface area contributed by atoms with Gasteiger partial charge in [0.15, 0.2) is 0 Å². The van der Waals surface area contributed by atoms with Crippen LogP contribution >= 0.6 is 0 Å². The topological polar surface area (TPSA) is 20.2 Å². The van der Waals surface area contributed by atoms with Gasteiger partial charge in [-0.2, -0.15) is 0 Å². The zero-order chi connectivity index (χ0) is 11.6. The van der Waals surface area contributed by atoms with Crippen LogP contribution in [0.1, 0.15) is 41.0 Å². The van der Waals surface area contributed by atoms with Crippen LogP contribution in [0.25, 0.3) is 0 Å². The molecule has 0 aliphatic heterocycles. The highest BCUT2D eigenvalue weighted by atomic mass is 16.3. The second kappa shape index (κ2) is 4.52. The summed E-state index contributed by atoms with van der Waals surface area (Å²) in [6.07, 6.45) is 7.66. The van der Waals surface area contributed by atoms with Crippen LogP contribution in [0, 0.1) is 17.3 Å². The Balaban J connectivity index is 2.62. The van der Waals surface area contributed by atoms with Gasteiger partial charge in [-0.15, -0.1) is 0 Å². The molecule has 0 fully saturated rings. The zero-order valence-electron chi connectivity index (χ0n) is 10.6. The number of hydrogen-bond donors (Lipinski definition) is 1. The maximum atomic E-state index is 9.41. The average molecular weight is 208 g/mol. The Morgan fingerprint density at radius 1 is 1.47 bits per heavy atom. The van der Waals surface area contributed by atoms with Gasteiger partial charge in [0.25, 0.3) is 0 Å². The first-order chi connectivity index (χ1) is 6.85. The van der Waals surface area contributed by atoms with Crippen molar-refractivity contribution in [2.24, 2.45) is 17.3 Å². The van der Waals surface area contributed by atoms with Crippen LogP contribution in [-0.2, 0) is 0 Å². The maximum absolute atomic E-state index is 9.41. The van der Waals surface area contributed by atoms with E-state index in [0.717, 1.165) is 6.42 Å². The van der Waals surface area contributed by atoms with E-state index in [1.165, 1.54) is 5.57 Å². The van der Waals surface area contributed by atoms with Gasteiger partial charge in [-0.25, -0.2) is 0 Å². The molecule has 0 unspecified atom stereocenters. The lowest BCUT2D eigenvalue weighted by Crippen LogP contribution is -2.19. The molecule has 1 nitrogen and oxygen atoms in total. The Hall–Kier alpha value is -0.560. The predicted molar refractivity (Wildman–Crippen MR) is 65.6 cm³/mol. The lowest BCUT2D eigenvalue weighted by atomic mass is 9.77. The highest BCUT2D eigenvalue weighted by molar-refractivity contribution is 5.22. The van der Waals surface area contributed by atoms with Gasteiger partial charge < -0.3 is 5.11 Å². The Kier molecular flexibility index (Phi) is 3.77. The molecule has 0 aromatic heterocycles. The van der Waals surface area contributed by atoms with Crippen LogP contribution in [0.3, 0.4) is 0 Å². The van der Waals surface area contributed by atoms with Crippen molar-refractivity contribution in [1.29, 1.82) is 0 Å². The fraction of sp³-hybridized carbons (Fsp3) is 0.714. The van der Waals surface area contributed by atoms with Crippen molar-refractivity contribution >= 4 is 0 Å². The van der Waals surface area contributed by atoms with Crippen molar-refractivity contribution in [3.05, 3.63) is 23.8 Å². The quantitative estimate of drug-likeness (QED) is 0.703. The highest BCUT2D eigenvalue weighted by Crippen LogP contribution is 2.43. The molecule has 0 saturated carbocycles. The summed E-state index contributed by atoms with van der Waals surface area (Å²) in [6.45, 7) is 10.7. The van der Waals surface area contributed by atoms with Crippen molar-refractivity contribution in [2.75, 3.05) is 0 Å². The molecule has 0 aromatic carbocycles. The fourth-order valence-electron chi connectivity index (χ4n) is 1.94. The first kappa shape index (κ1) is 12.5. The van der Waals surface area contributed by atoms with E-state index >= 15 is 0 Å². The van der Waals surface area contributed by atoms with Crippen LogP contribution in [0.5, 0.6) is 0 Å². The highest BCUT2D eigenvalue weighted by Gasteiger charge is 2.32. The largest absolute Gasteiger partial charge is 0.393 e. The summed E-state index contributed by atoms with van der Waals surface area (Å²) in [5.74, 6) is 0.848. The molecule has 0 heterocycles. The van der Waals surface area contributed by atoms with Gasteiger partial charge in [0.1, 0.15) is 0 Å². The average Bonchev–Trinajstić information content (AvgIpc) is 2.39. The number of hydrogen-bond acceptors (Lipinski definition) is 1. The molecule has 0 spiro atoms. The third kappa shape index (κ3) is 2.72. The Labute approximate surface area is 93.9 Å². The second-order valence-electron chi connectivity index (χ2n) is 5.44. The maximum Gasteiger partial charge on any atom is 0.0572 e. The van der Waals surface area contributed by atoms with Gasteiger partial charge >= 0.3 is 0 Å². The number of aliphatic hydroxyl groups is 1. The summed E-state index contributed by atoms with van der Waals surface area (Å²) in [7, 11) is 0. The van der Waals surface area contributed by atoms with Crippen molar-refractivity contribution in [1.82, 2.24) is 0 Å². The van der Waals surface area contributed by atoms with E-state index in [1.54, 1.807) is 0 Å². The summed E-state index contributed by atoms with van der Waals surface area (Å²) in [5.41, 5.74) is 1.77. The van der Waals surface area contributed by atoms with Crippen molar-refractivity contribution in [3.8, 4) is 0 Å². The lowest BCUT2D eigenvalue weighted by molar-refractivity contribution is 0.156. The van der Waals surface area contributed by atoms with E-state index < -0.39 is 0 Å². The molecule has 0 radical (unpaired) electrons. The van der Waals surface area contributed by atoms with E-state index in [0.29, 0.717) is 5.92 Å². The molecule has 0 amide bonds. The van der Waals surface area contributed by atoms with E-state index in [-0.39, 0.29) is 17.4 Å². The first-order valence-electron chi connectivity index (χ1n) is 5.89. The van der Waals surface area contributed by atoms with Crippen molar-refractivity contribution in [3.63, 3.8) is 0 Å². The molecular formula is C14H24O. The van der Waals surface area contributed by atoms with E-state index in [9.17, 15) is 5.11 Å². The van der Waals surface area contributed by atoms with E-state index in [1.807, 2.05) is 6.92 Å². The second-order valence-corrected chi connectivity index (χ2v) is 5.44. The summed E-state index contributed by atoms with van der Waals surface area (Å²) in [5, 5.41) is 9.41. The van der Waals surface area contributed by atoms with Gasteiger partial charge in [-0.05, 0) is 37.5 Å². The molecular weight excluding hydrogens is 184 g/mol. The van der Waals surface area contributed by atoms with Crippen molar-refractivity contribution in [2.45, 2.75) is 47.1 Å². The third-order valence-corrected chi connectivity index (χ3v) is 4.03. The number of allylic oxidation sites excluding steroid dienone is 3. The molecule has 1 rings (SSSR count). The molecule has 3 atom stereocenters. The summed E-state index contributed by atoms with van der Waals surface area (Å²) in [4.78, 5) is 0. The minimum Gasteiger partial charge on any atom is -0.393 e. The van der Waals surface area contributed by atoms with E-state index in [4.69, 9.17) is 0 Å². The molecule has 1 N–H and O–H groups in total. The van der Waals surface area contributed by atoms with Gasteiger partial charge in [-0.1, -0.05) is 44.6 Å². The molecule has 0 aromatic rings. The van der Waals surface area contributed by atoms with Crippen LogP contribution in [0.4, 0.5) is 0 Å². The Bertz CT molecular complexity index is 271. The fourth-order valence-corrected chi connectivity index (χ4v) is 1.94. The van der Waals surface area contributed by atoms with Crippen LogP contribution in [0.15, 0.2) is 23.8 Å². The minimum atomic E-state index is -0.250. The summed E-state index contributed by atoms with van der Waals surface area (Å²) in [6, 6.07) is 0. The number of aliphatic hydroxyl groups excluding tert-OH is 1. The van der Waals surface area contributed by atoms with Gasteiger partial charge in [-0.3, -0.25) is 0 Å². The van der Waals surface area contributed by atoms with Gasteiger partial charge in [0.2, 0.25) is 0 Å². The smallest absolute Gasteiger partial charge is 0.0572 e. The molecule has 1 heteroatoms. The molecule has 0 bridgehead atoms. The first-order valence-corrected chi connectivity index (χ1v) is 5.89. The zero-order valence-corrected chi connectivity index (χ0v) is 10.6. The predicted octanol–water partition coefficient (Wildman–Crippen LogP) is 3.55. The monoisotopic (exact) mass is 208 g/mol. The van der Waals surface area contributed by atoms with Crippen LogP contribution < -0.4 is 0 Å². The standard InChI is InChI=1S/C14H24O/c1-10(12(3)15)6-8-13-9-7-11(2)14(13,4)5/h6-8,10,12-13,15H,9H2,1-5H3/b8-6+/t10-,12-,13+/m1/s1. The Morgan fingerprint density at radius 3 is 2.47 bits per heavy atom. The molecule has 0 saturated heterocycles. The molecule has 86 valence electrons. The van der Waals surface area contributed by atoms with E-state index in [2.05, 4.69) is 45.9 Å². The SMILES string of the molecule is CC1=CC[C@H](/C=C/[C@@H](C)[C@@H](C)O)C1(C)C. The molecule has 1 aliphatic carbocycles. The number of rotatable bonds is 3. The summed E-state index contributed by atoms with van der Waals surface area (Å²) < 4.78 is 0. The van der Waals surface area contributed by atoms with Gasteiger partial charge in [0, 0.05) is 0 Å². The molecule has 1 aliphatic rings. The molecule has 15 heavy (non-hydrogen) atoms. The van der Waals surface area contributed by atoms with Crippen LogP contribution in [-0.4, -0.2) is 11.2 Å². The van der Waals surface area contributed by atoms with Crippen molar-refractivity contribution < 1.29 is 5.11 Å². The lowest BCUT2D eigenvalue weighted by Gasteiger charge is -2.27. The Morgan fingerprint density at radius 2 is 2.07 bits per heavy atom. The van der Waals surface area contributed by atoms with Crippen LogP contribution in [0.2, 0.25) is 0 Å².